The van der Waals surface area contributed by atoms with Gasteiger partial charge in [0, 0.05) is 25.3 Å². The van der Waals surface area contributed by atoms with Crippen LogP contribution >= 0.6 is 23.2 Å². The first-order valence-electron chi connectivity index (χ1n) is 4.97. The van der Waals surface area contributed by atoms with Crippen LogP contribution in [0.3, 0.4) is 0 Å². The summed E-state index contributed by atoms with van der Waals surface area (Å²) in [5.74, 6) is 0.0339. The average molecular weight is 264 g/mol. The van der Waals surface area contributed by atoms with Gasteiger partial charge in [0.05, 0.1) is 11.6 Å². The Bertz CT molecular complexity index is 358. The zero-order chi connectivity index (χ0) is 12.1. The predicted octanol–water partition coefficient (Wildman–Crippen LogP) is 3.00. The molecule has 0 amide bonds. The number of nitrogens with one attached hydrogen (secondary N) is 1. The minimum absolute atomic E-state index is 0.00934. The molecule has 0 radical (unpaired) electrons. The summed E-state index contributed by atoms with van der Waals surface area (Å²) in [6.07, 6.45) is 0. The lowest BCUT2D eigenvalue weighted by Crippen LogP contribution is -2.22. The summed E-state index contributed by atoms with van der Waals surface area (Å²) in [4.78, 5) is 0. The van der Waals surface area contributed by atoms with E-state index in [0.717, 1.165) is 5.56 Å². The fraction of sp³-hybridized carbons (Fsp3) is 0.455. The van der Waals surface area contributed by atoms with E-state index in [-0.39, 0.29) is 16.8 Å². The molecular formula is C11H15Cl2NO2. The Balaban J connectivity index is 2.76. The molecule has 0 saturated heterocycles. The molecule has 1 aromatic rings. The molecule has 90 valence electrons. The van der Waals surface area contributed by atoms with E-state index in [0.29, 0.717) is 18.2 Å². The van der Waals surface area contributed by atoms with Crippen LogP contribution in [0.5, 0.6) is 5.75 Å². The van der Waals surface area contributed by atoms with E-state index in [2.05, 4.69) is 5.32 Å². The van der Waals surface area contributed by atoms with Crippen LogP contribution in [0.2, 0.25) is 10.0 Å². The van der Waals surface area contributed by atoms with Crippen molar-refractivity contribution in [3.05, 3.63) is 27.7 Å². The Morgan fingerprint density at radius 1 is 1.44 bits per heavy atom. The Hall–Kier alpha value is -0.480. The summed E-state index contributed by atoms with van der Waals surface area (Å²) in [6, 6.07) is 3.42. The second kappa shape index (κ2) is 6.30. The Kier molecular flexibility index (Phi) is 5.35. The number of phenols is 1. The third-order valence-electron chi connectivity index (χ3n) is 2.32. The van der Waals surface area contributed by atoms with Crippen LogP contribution < -0.4 is 5.32 Å². The maximum Gasteiger partial charge on any atom is 0.140 e. The fourth-order valence-corrected chi connectivity index (χ4v) is 1.72. The van der Waals surface area contributed by atoms with E-state index < -0.39 is 0 Å². The van der Waals surface area contributed by atoms with Crippen LogP contribution in [0.15, 0.2) is 12.1 Å². The molecule has 1 atom stereocenters. The van der Waals surface area contributed by atoms with E-state index in [1.54, 1.807) is 19.2 Å². The quantitative estimate of drug-likeness (QED) is 0.803. The van der Waals surface area contributed by atoms with Gasteiger partial charge in [0.15, 0.2) is 0 Å². The molecule has 1 unspecified atom stereocenters. The smallest absolute Gasteiger partial charge is 0.140 e. The normalized spacial score (nSPS) is 12.8. The number of benzene rings is 1. The lowest BCUT2D eigenvalue weighted by atomic mass is 10.1. The van der Waals surface area contributed by atoms with Crippen LogP contribution in [0.25, 0.3) is 0 Å². The van der Waals surface area contributed by atoms with Gasteiger partial charge in [-0.25, -0.2) is 0 Å². The Labute approximate surface area is 105 Å². The molecular weight excluding hydrogens is 249 g/mol. The van der Waals surface area contributed by atoms with E-state index in [4.69, 9.17) is 27.9 Å². The molecule has 3 nitrogen and oxygen atoms in total. The summed E-state index contributed by atoms with van der Waals surface area (Å²) >= 11 is 11.6. The topological polar surface area (TPSA) is 41.5 Å². The van der Waals surface area contributed by atoms with Crippen LogP contribution in [0.1, 0.15) is 18.5 Å². The minimum Gasteiger partial charge on any atom is -0.506 e. The third kappa shape index (κ3) is 3.25. The van der Waals surface area contributed by atoms with Crippen LogP contribution in [-0.2, 0) is 4.74 Å². The van der Waals surface area contributed by atoms with Crippen molar-refractivity contribution in [1.29, 1.82) is 0 Å². The number of ether oxygens (including phenoxy) is 1. The number of halogens is 2. The molecule has 16 heavy (non-hydrogen) atoms. The molecule has 0 aromatic heterocycles. The van der Waals surface area contributed by atoms with Gasteiger partial charge in [-0.3, -0.25) is 0 Å². The number of phenolic OH excluding ortho intramolecular Hbond substituents is 1. The predicted molar refractivity (Wildman–Crippen MR) is 66.4 cm³/mol. The van der Waals surface area contributed by atoms with Gasteiger partial charge in [0.25, 0.3) is 0 Å². The van der Waals surface area contributed by atoms with E-state index in [9.17, 15) is 5.11 Å². The number of rotatable bonds is 5. The third-order valence-corrected chi connectivity index (χ3v) is 3.12. The fourth-order valence-electron chi connectivity index (χ4n) is 1.39. The summed E-state index contributed by atoms with van der Waals surface area (Å²) in [6.45, 7) is 3.26. The highest BCUT2D eigenvalue weighted by Crippen LogP contribution is 2.36. The van der Waals surface area contributed by atoms with Crippen molar-refractivity contribution in [2.24, 2.45) is 0 Å². The molecule has 0 spiro atoms. The van der Waals surface area contributed by atoms with E-state index in [1.807, 2.05) is 6.92 Å². The number of hydrogen-bond donors (Lipinski definition) is 2. The zero-order valence-electron chi connectivity index (χ0n) is 9.26. The Morgan fingerprint density at radius 3 is 2.75 bits per heavy atom. The molecule has 2 N–H and O–H groups in total. The molecule has 1 aromatic carbocycles. The second-order valence-electron chi connectivity index (χ2n) is 3.47. The van der Waals surface area contributed by atoms with Gasteiger partial charge >= 0.3 is 0 Å². The van der Waals surface area contributed by atoms with Crippen molar-refractivity contribution in [2.75, 3.05) is 20.3 Å². The molecule has 0 heterocycles. The Morgan fingerprint density at radius 2 is 2.12 bits per heavy atom. The zero-order valence-corrected chi connectivity index (χ0v) is 10.8. The maximum absolute atomic E-state index is 9.82. The molecule has 0 aliphatic rings. The number of hydrogen-bond acceptors (Lipinski definition) is 3. The van der Waals surface area contributed by atoms with Gasteiger partial charge in [-0.1, -0.05) is 29.3 Å². The minimum atomic E-state index is -0.00934. The molecule has 1 rings (SSSR count). The largest absolute Gasteiger partial charge is 0.506 e. The molecule has 0 aliphatic carbocycles. The highest BCUT2D eigenvalue weighted by molar-refractivity contribution is 6.43. The highest BCUT2D eigenvalue weighted by Gasteiger charge is 2.14. The van der Waals surface area contributed by atoms with Crippen molar-refractivity contribution in [1.82, 2.24) is 5.32 Å². The van der Waals surface area contributed by atoms with Crippen molar-refractivity contribution in [2.45, 2.75) is 13.0 Å². The summed E-state index contributed by atoms with van der Waals surface area (Å²) in [7, 11) is 1.64. The van der Waals surface area contributed by atoms with Crippen molar-refractivity contribution in [3.8, 4) is 5.75 Å². The van der Waals surface area contributed by atoms with Gasteiger partial charge in [0.2, 0.25) is 0 Å². The highest BCUT2D eigenvalue weighted by atomic mass is 35.5. The molecule has 0 saturated carbocycles. The molecule has 5 heteroatoms. The summed E-state index contributed by atoms with van der Waals surface area (Å²) < 4.78 is 4.93. The lowest BCUT2D eigenvalue weighted by molar-refractivity contribution is 0.196. The average Bonchev–Trinajstić information content (AvgIpc) is 2.26. The van der Waals surface area contributed by atoms with Gasteiger partial charge in [-0.15, -0.1) is 0 Å². The summed E-state index contributed by atoms with van der Waals surface area (Å²) in [5.41, 5.74) is 0.727. The molecule has 0 aliphatic heterocycles. The number of aromatic hydroxyl groups is 1. The van der Waals surface area contributed by atoms with E-state index in [1.165, 1.54) is 0 Å². The standard InChI is InChI=1S/C11H15Cl2NO2/c1-7(14-5-6-16-2)8-3-4-9(12)10(13)11(8)15/h3-4,7,14-15H,5-6H2,1-2H3. The second-order valence-corrected chi connectivity index (χ2v) is 4.25. The van der Waals surface area contributed by atoms with Gasteiger partial charge < -0.3 is 15.2 Å². The monoisotopic (exact) mass is 263 g/mol. The van der Waals surface area contributed by atoms with Crippen molar-refractivity contribution >= 4 is 23.2 Å². The maximum atomic E-state index is 9.82. The SMILES string of the molecule is COCCNC(C)c1ccc(Cl)c(Cl)c1O. The number of methoxy groups -OCH3 is 1. The molecule has 0 fully saturated rings. The molecule has 0 bridgehead atoms. The first kappa shape index (κ1) is 13.6. The van der Waals surface area contributed by atoms with Crippen LogP contribution in [0.4, 0.5) is 0 Å². The lowest BCUT2D eigenvalue weighted by Gasteiger charge is -2.16. The van der Waals surface area contributed by atoms with Gasteiger partial charge in [0.1, 0.15) is 10.8 Å². The van der Waals surface area contributed by atoms with Crippen molar-refractivity contribution < 1.29 is 9.84 Å². The van der Waals surface area contributed by atoms with E-state index >= 15 is 0 Å². The summed E-state index contributed by atoms with van der Waals surface area (Å²) in [5, 5.41) is 13.6. The van der Waals surface area contributed by atoms with Crippen molar-refractivity contribution in [3.63, 3.8) is 0 Å². The van der Waals surface area contributed by atoms with Gasteiger partial charge in [-0.05, 0) is 13.0 Å². The first-order valence-corrected chi connectivity index (χ1v) is 5.72. The van der Waals surface area contributed by atoms with Crippen LogP contribution in [-0.4, -0.2) is 25.4 Å². The van der Waals surface area contributed by atoms with Crippen LogP contribution in [0, 0.1) is 0 Å². The first-order chi connectivity index (χ1) is 7.57. The van der Waals surface area contributed by atoms with Gasteiger partial charge in [-0.2, -0.15) is 0 Å².